The molecular formula is C24H21N3O5. The van der Waals surface area contributed by atoms with Crippen LogP contribution in [0.4, 0.5) is 5.82 Å². The van der Waals surface area contributed by atoms with Crippen molar-refractivity contribution in [1.82, 2.24) is 9.13 Å². The second-order valence-electron chi connectivity index (χ2n) is 7.91. The van der Waals surface area contributed by atoms with E-state index in [0.717, 1.165) is 10.1 Å². The first-order chi connectivity index (χ1) is 15.4. The van der Waals surface area contributed by atoms with E-state index in [-0.39, 0.29) is 11.6 Å². The van der Waals surface area contributed by atoms with E-state index in [9.17, 15) is 14.4 Å². The molecule has 0 fully saturated rings. The molecule has 0 saturated carbocycles. The minimum absolute atomic E-state index is 0.108. The highest BCUT2D eigenvalue weighted by atomic mass is 16.5. The van der Waals surface area contributed by atoms with Gasteiger partial charge in [0.1, 0.15) is 17.3 Å². The Morgan fingerprint density at radius 3 is 2.28 bits per heavy atom. The number of hydrogen-bond donors (Lipinski definition) is 0. The van der Waals surface area contributed by atoms with Crippen LogP contribution in [-0.2, 0) is 14.1 Å². The monoisotopic (exact) mass is 431 g/mol. The number of fused-ring (bicyclic) bond motifs is 4. The lowest BCUT2D eigenvalue weighted by molar-refractivity contribution is 0.0952. The van der Waals surface area contributed by atoms with Gasteiger partial charge in [-0.3, -0.25) is 18.7 Å². The summed E-state index contributed by atoms with van der Waals surface area (Å²) in [6.07, 6.45) is 0. The molecule has 5 rings (SSSR count). The first-order valence-electron chi connectivity index (χ1n) is 10.1. The van der Waals surface area contributed by atoms with Crippen LogP contribution in [0.1, 0.15) is 33.0 Å². The molecule has 1 aliphatic carbocycles. The van der Waals surface area contributed by atoms with Crippen molar-refractivity contribution in [3.8, 4) is 11.5 Å². The Hall–Kier alpha value is -3.94. The van der Waals surface area contributed by atoms with Gasteiger partial charge in [0.2, 0.25) is 0 Å². The highest BCUT2D eigenvalue weighted by Crippen LogP contribution is 2.48. The number of carbonyl (C=O) groups excluding carboxylic acids is 1. The highest BCUT2D eigenvalue weighted by molar-refractivity contribution is 6.30. The number of carbonyl (C=O) groups is 1. The van der Waals surface area contributed by atoms with E-state index in [1.54, 1.807) is 44.5 Å². The summed E-state index contributed by atoms with van der Waals surface area (Å²) in [5.74, 6) is -0.150. The number of hydrogen-bond acceptors (Lipinski definition) is 6. The van der Waals surface area contributed by atoms with E-state index in [0.29, 0.717) is 33.9 Å². The summed E-state index contributed by atoms with van der Waals surface area (Å²) in [5, 5.41) is 0. The van der Waals surface area contributed by atoms with Crippen LogP contribution in [0.2, 0.25) is 0 Å². The predicted octanol–water partition coefficient (Wildman–Crippen LogP) is 2.18. The summed E-state index contributed by atoms with van der Waals surface area (Å²) >= 11 is 0. The Kier molecular flexibility index (Phi) is 4.40. The topological polar surface area (TPSA) is 91.9 Å². The molecule has 2 aliphatic rings. The van der Waals surface area contributed by atoms with Gasteiger partial charge in [0.25, 0.3) is 5.56 Å². The zero-order valence-corrected chi connectivity index (χ0v) is 18.1. The van der Waals surface area contributed by atoms with Crippen molar-refractivity contribution in [3.63, 3.8) is 0 Å². The van der Waals surface area contributed by atoms with Gasteiger partial charge in [-0.2, -0.15) is 0 Å². The van der Waals surface area contributed by atoms with E-state index in [2.05, 4.69) is 0 Å². The molecule has 162 valence electrons. The van der Waals surface area contributed by atoms with Crippen molar-refractivity contribution in [2.45, 2.75) is 5.92 Å². The quantitative estimate of drug-likeness (QED) is 0.634. The number of ketones is 1. The molecule has 8 heteroatoms. The maximum Gasteiger partial charge on any atom is 0.332 e. The smallest absolute Gasteiger partial charge is 0.332 e. The Bertz CT molecular complexity index is 1450. The van der Waals surface area contributed by atoms with E-state index in [4.69, 9.17) is 14.5 Å². The average molecular weight is 431 g/mol. The van der Waals surface area contributed by atoms with Gasteiger partial charge in [0.05, 0.1) is 31.4 Å². The molecule has 8 nitrogen and oxygen atoms in total. The maximum absolute atomic E-state index is 13.6. The molecule has 2 atom stereocenters. The summed E-state index contributed by atoms with van der Waals surface area (Å²) < 4.78 is 13.4. The zero-order valence-electron chi connectivity index (χ0n) is 18.1. The van der Waals surface area contributed by atoms with E-state index in [1.165, 1.54) is 18.7 Å². The van der Waals surface area contributed by atoms with Crippen LogP contribution >= 0.6 is 0 Å². The van der Waals surface area contributed by atoms with Gasteiger partial charge in [0.15, 0.2) is 5.78 Å². The molecule has 1 aliphatic heterocycles. The number of nitrogens with zero attached hydrogens (tertiary/aromatic N) is 3. The molecular weight excluding hydrogens is 410 g/mol. The average Bonchev–Trinajstić information content (AvgIpc) is 3.11. The van der Waals surface area contributed by atoms with Gasteiger partial charge < -0.3 is 9.47 Å². The lowest BCUT2D eigenvalue weighted by Crippen LogP contribution is -2.43. The van der Waals surface area contributed by atoms with Gasteiger partial charge in [-0.15, -0.1) is 0 Å². The van der Waals surface area contributed by atoms with Crippen molar-refractivity contribution in [2.24, 2.45) is 25.0 Å². The summed E-state index contributed by atoms with van der Waals surface area (Å²) in [5.41, 5.74) is 1.84. The Morgan fingerprint density at radius 1 is 0.875 bits per heavy atom. The summed E-state index contributed by atoms with van der Waals surface area (Å²) in [7, 11) is 6.09. The first kappa shape index (κ1) is 20.0. The number of rotatable bonds is 3. The van der Waals surface area contributed by atoms with Crippen molar-refractivity contribution >= 4 is 17.3 Å². The molecule has 0 spiro atoms. The van der Waals surface area contributed by atoms with Gasteiger partial charge in [-0.05, 0) is 6.07 Å². The summed E-state index contributed by atoms with van der Waals surface area (Å²) in [6.45, 7) is 0. The van der Waals surface area contributed by atoms with Crippen LogP contribution < -0.4 is 20.7 Å². The molecule has 0 unspecified atom stereocenters. The Labute approximate surface area is 183 Å². The largest absolute Gasteiger partial charge is 0.497 e. The van der Waals surface area contributed by atoms with Crippen LogP contribution in [0, 0.1) is 5.92 Å². The van der Waals surface area contributed by atoms with Gasteiger partial charge >= 0.3 is 5.69 Å². The van der Waals surface area contributed by atoms with Crippen molar-refractivity contribution < 1.29 is 14.3 Å². The Morgan fingerprint density at radius 2 is 1.59 bits per heavy atom. The molecule has 0 N–H and O–H groups in total. The van der Waals surface area contributed by atoms with Crippen molar-refractivity contribution in [2.75, 3.05) is 14.2 Å². The fourth-order valence-corrected chi connectivity index (χ4v) is 4.78. The van der Waals surface area contributed by atoms with E-state index in [1.807, 2.05) is 12.1 Å². The number of aromatic nitrogens is 2. The third kappa shape index (κ3) is 2.55. The third-order valence-corrected chi connectivity index (χ3v) is 6.36. The normalized spacial score (nSPS) is 18.5. The standard InChI is InChI=1S/C24H21N3O5/c1-26-22-19(23(29)27(2)24(26)30)17(15-10-9-12(31-3)11-16(15)32-4)18-20(25-22)13-7-5-6-8-14(13)21(18)28/h5-11,17-18H,1-4H3/t17-,18-/m0/s1. The number of aliphatic imine (C=N–C) groups is 1. The van der Waals surface area contributed by atoms with Gasteiger partial charge in [-0.25, -0.2) is 9.79 Å². The maximum atomic E-state index is 13.6. The van der Waals surface area contributed by atoms with Crippen LogP contribution in [-0.4, -0.2) is 34.8 Å². The van der Waals surface area contributed by atoms with Crippen molar-refractivity contribution in [3.05, 3.63) is 85.6 Å². The van der Waals surface area contributed by atoms with Crippen LogP contribution in [0.15, 0.2) is 57.0 Å². The number of benzene rings is 2. The molecule has 0 saturated heterocycles. The second kappa shape index (κ2) is 7.05. The Balaban J connectivity index is 1.90. The minimum atomic E-state index is -0.701. The summed E-state index contributed by atoms with van der Waals surface area (Å²) in [4.78, 5) is 44.3. The molecule has 3 aromatic rings. The SMILES string of the molecule is COc1ccc([C@@H]2c3c(n(C)c(=O)n(C)c3=O)N=C3c4ccccc4C(=O)[C@H]32)c(OC)c1. The first-order valence-corrected chi connectivity index (χ1v) is 10.1. The molecule has 0 bridgehead atoms. The zero-order chi connectivity index (χ0) is 22.7. The molecule has 0 amide bonds. The predicted molar refractivity (Wildman–Crippen MR) is 119 cm³/mol. The summed E-state index contributed by atoms with van der Waals surface area (Å²) in [6, 6.07) is 12.6. The lowest BCUT2D eigenvalue weighted by Gasteiger charge is -2.30. The van der Waals surface area contributed by atoms with Crippen LogP contribution in [0.25, 0.3) is 0 Å². The third-order valence-electron chi connectivity index (χ3n) is 6.36. The van der Waals surface area contributed by atoms with Crippen LogP contribution in [0.5, 0.6) is 11.5 Å². The molecule has 0 radical (unpaired) electrons. The molecule has 2 heterocycles. The molecule has 32 heavy (non-hydrogen) atoms. The van der Waals surface area contributed by atoms with E-state index < -0.39 is 23.1 Å². The fraction of sp³-hybridized carbons (Fsp3) is 0.250. The second-order valence-corrected chi connectivity index (χ2v) is 7.91. The number of methoxy groups -OCH3 is 2. The fourth-order valence-electron chi connectivity index (χ4n) is 4.78. The minimum Gasteiger partial charge on any atom is -0.497 e. The number of ether oxygens (including phenoxy) is 2. The van der Waals surface area contributed by atoms with Gasteiger partial charge in [0, 0.05) is 42.8 Å². The van der Waals surface area contributed by atoms with Crippen molar-refractivity contribution in [1.29, 1.82) is 0 Å². The van der Waals surface area contributed by atoms with Crippen LogP contribution in [0.3, 0.4) is 0 Å². The lowest BCUT2D eigenvalue weighted by atomic mass is 9.76. The molecule has 1 aromatic heterocycles. The number of Topliss-reactive ketones (excluding diaryl/α,β-unsaturated/α-hetero) is 1. The van der Waals surface area contributed by atoms with E-state index >= 15 is 0 Å². The highest BCUT2D eigenvalue weighted by Gasteiger charge is 2.48. The molecule has 2 aromatic carbocycles. The van der Waals surface area contributed by atoms with Gasteiger partial charge in [-0.1, -0.05) is 30.3 Å².